The van der Waals surface area contributed by atoms with Crippen LogP contribution in [0.1, 0.15) is 6.92 Å². The van der Waals surface area contributed by atoms with Crippen molar-refractivity contribution in [2.75, 3.05) is 26.7 Å². The third-order valence-electron chi connectivity index (χ3n) is 2.29. The summed E-state index contributed by atoms with van der Waals surface area (Å²) in [5.74, 6) is -0.899. The van der Waals surface area contributed by atoms with E-state index in [0.717, 1.165) is 0 Å². The van der Waals surface area contributed by atoms with Crippen LogP contribution in [-0.2, 0) is 9.59 Å². The average molecular weight is 186 g/mol. The molecule has 1 fully saturated rings. The van der Waals surface area contributed by atoms with E-state index in [0.29, 0.717) is 6.54 Å². The first-order valence-corrected chi connectivity index (χ1v) is 4.20. The Morgan fingerprint density at radius 1 is 1.69 bits per heavy atom. The fourth-order valence-electron chi connectivity index (χ4n) is 1.42. The molecule has 1 N–H and O–H groups in total. The fraction of sp³-hybridized carbons (Fsp3) is 0.750. The van der Waals surface area contributed by atoms with Crippen molar-refractivity contribution in [1.29, 1.82) is 0 Å². The lowest BCUT2D eigenvalue weighted by Crippen LogP contribution is -2.54. The molecule has 1 amide bonds. The van der Waals surface area contributed by atoms with Crippen LogP contribution in [0.15, 0.2) is 0 Å². The highest BCUT2D eigenvalue weighted by Gasteiger charge is 2.27. The van der Waals surface area contributed by atoms with Crippen molar-refractivity contribution in [2.24, 2.45) is 0 Å². The summed E-state index contributed by atoms with van der Waals surface area (Å²) in [5, 5.41) is 8.54. The number of carboxylic acids is 1. The Bertz CT molecular complexity index is 229. The summed E-state index contributed by atoms with van der Waals surface area (Å²) in [5.41, 5.74) is 0. The largest absolute Gasteiger partial charge is 0.480 e. The molecule has 0 aromatic rings. The van der Waals surface area contributed by atoms with E-state index >= 15 is 0 Å². The number of aliphatic carboxylic acids is 1. The summed E-state index contributed by atoms with van der Waals surface area (Å²) in [6.07, 6.45) is 0. The Morgan fingerprint density at radius 2 is 2.31 bits per heavy atom. The maximum atomic E-state index is 11.3. The molecule has 13 heavy (non-hydrogen) atoms. The maximum Gasteiger partial charge on any atom is 0.317 e. The maximum absolute atomic E-state index is 11.3. The van der Waals surface area contributed by atoms with Gasteiger partial charge in [0.1, 0.15) is 0 Å². The molecule has 1 atom stereocenters. The molecule has 0 spiro atoms. The highest BCUT2D eigenvalue weighted by Crippen LogP contribution is 2.07. The normalized spacial score (nSPS) is 24.9. The minimum absolute atomic E-state index is 0.0139. The van der Waals surface area contributed by atoms with E-state index in [-0.39, 0.29) is 25.0 Å². The smallest absolute Gasteiger partial charge is 0.317 e. The summed E-state index contributed by atoms with van der Waals surface area (Å²) in [7, 11) is 1.74. The third-order valence-corrected chi connectivity index (χ3v) is 2.29. The summed E-state index contributed by atoms with van der Waals surface area (Å²) >= 11 is 0. The van der Waals surface area contributed by atoms with Crippen LogP contribution in [-0.4, -0.2) is 59.5 Å². The van der Waals surface area contributed by atoms with Crippen LogP contribution >= 0.6 is 0 Å². The lowest BCUT2D eigenvalue weighted by molar-refractivity contribution is -0.143. The van der Waals surface area contributed by atoms with Crippen molar-refractivity contribution in [3.05, 3.63) is 0 Å². The van der Waals surface area contributed by atoms with E-state index in [4.69, 9.17) is 5.11 Å². The van der Waals surface area contributed by atoms with E-state index < -0.39 is 5.97 Å². The van der Waals surface area contributed by atoms with Gasteiger partial charge < -0.3 is 10.0 Å². The quantitative estimate of drug-likeness (QED) is 0.615. The van der Waals surface area contributed by atoms with Crippen LogP contribution < -0.4 is 0 Å². The zero-order valence-corrected chi connectivity index (χ0v) is 7.86. The molecule has 0 bridgehead atoms. The molecule has 74 valence electrons. The van der Waals surface area contributed by atoms with Gasteiger partial charge >= 0.3 is 5.97 Å². The first-order chi connectivity index (χ1) is 6.00. The molecule has 1 aliphatic heterocycles. The second kappa shape index (κ2) is 3.74. The number of carbonyl (C=O) groups excluding carboxylic acids is 1. The summed E-state index contributed by atoms with van der Waals surface area (Å²) < 4.78 is 0. The van der Waals surface area contributed by atoms with E-state index in [1.807, 2.05) is 6.92 Å². The molecule has 0 aromatic heterocycles. The molecule has 1 heterocycles. The average Bonchev–Trinajstić information content (AvgIpc) is 1.98. The minimum atomic E-state index is -0.885. The number of nitrogens with zero attached hydrogens (tertiary/aromatic N) is 2. The number of carboxylic acid groups (broad SMARTS) is 1. The number of hydrogen-bond donors (Lipinski definition) is 1. The second-order valence-corrected chi connectivity index (χ2v) is 3.42. The van der Waals surface area contributed by atoms with Gasteiger partial charge in [-0.05, 0) is 6.92 Å². The number of piperazine rings is 1. The molecule has 1 rings (SSSR count). The molecular formula is C8H14N2O3. The van der Waals surface area contributed by atoms with Crippen molar-refractivity contribution in [2.45, 2.75) is 13.0 Å². The predicted molar refractivity (Wildman–Crippen MR) is 46.3 cm³/mol. The SMILES string of the molecule is CC1CN(CC(=O)O)CC(=O)N1C. The standard InChI is InChI=1S/C8H14N2O3/c1-6-3-10(5-8(12)13)4-7(11)9(6)2/h6H,3-5H2,1-2H3,(H,12,13). The van der Waals surface area contributed by atoms with Crippen molar-refractivity contribution in [3.63, 3.8) is 0 Å². The topological polar surface area (TPSA) is 60.9 Å². The highest BCUT2D eigenvalue weighted by molar-refractivity contribution is 5.80. The Balaban J connectivity index is 2.53. The van der Waals surface area contributed by atoms with E-state index in [9.17, 15) is 9.59 Å². The van der Waals surface area contributed by atoms with Crippen LogP contribution in [0.5, 0.6) is 0 Å². The van der Waals surface area contributed by atoms with Gasteiger partial charge in [0, 0.05) is 19.6 Å². The zero-order valence-electron chi connectivity index (χ0n) is 7.86. The lowest BCUT2D eigenvalue weighted by Gasteiger charge is -2.36. The van der Waals surface area contributed by atoms with Crippen molar-refractivity contribution >= 4 is 11.9 Å². The van der Waals surface area contributed by atoms with Gasteiger partial charge in [0.2, 0.25) is 5.91 Å². The molecule has 5 nitrogen and oxygen atoms in total. The third kappa shape index (κ3) is 2.42. The van der Waals surface area contributed by atoms with E-state index in [1.54, 1.807) is 16.8 Å². The molecule has 1 saturated heterocycles. The van der Waals surface area contributed by atoms with E-state index in [2.05, 4.69) is 0 Å². The van der Waals surface area contributed by atoms with Gasteiger partial charge in [-0.1, -0.05) is 0 Å². The summed E-state index contributed by atoms with van der Waals surface area (Å²) in [6, 6.07) is 0.0978. The zero-order chi connectivity index (χ0) is 10.0. The van der Waals surface area contributed by atoms with Gasteiger partial charge in [-0.15, -0.1) is 0 Å². The van der Waals surface area contributed by atoms with Gasteiger partial charge in [-0.25, -0.2) is 0 Å². The number of carbonyl (C=O) groups is 2. The molecule has 1 aliphatic rings. The van der Waals surface area contributed by atoms with Crippen LogP contribution in [0.4, 0.5) is 0 Å². The number of hydrogen-bond acceptors (Lipinski definition) is 3. The van der Waals surface area contributed by atoms with Gasteiger partial charge in [0.15, 0.2) is 0 Å². The van der Waals surface area contributed by atoms with Gasteiger partial charge in [-0.2, -0.15) is 0 Å². The first-order valence-electron chi connectivity index (χ1n) is 4.20. The summed E-state index contributed by atoms with van der Waals surface area (Å²) in [4.78, 5) is 25.0. The van der Waals surface area contributed by atoms with Crippen LogP contribution in [0.2, 0.25) is 0 Å². The predicted octanol–water partition coefficient (Wildman–Crippen LogP) is -0.766. The van der Waals surface area contributed by atoms with Crippen molar-refractivity contribution < 1.29 is 14.7 Å². The Kier molecular flexibility index (Phi) is 2.87. The number of amides is 1. The van der Waals surface area contributed by atoms with Crippen LogP contribution in [0.3, 0.4) is 0 Å². The van der Waals surface area contributed by atoms with Crippen molar-refractivity contribution in [3.8, 4) is 0 Å². The van der Waals surface area contributed by atoms with Crippen LogP contribution in [0.25, 0.3) is 0 Å². The molecule has 0 radical (unpaired) electrons. The van der Waals surface area contributed by atoms with Gasteiger partial charge in [0.05, 0.1) is 13.1 Å². The minimum Gasteiger partial charge on any atom is -0.480 e. The lowest BCUT2D eigenvalue weighted by atomic mass is 10.2. The second-order valence-electron chi connectivity index (χ2n) is 3.42. The monoisotopic (exact) mass is 186 g/mol. The highest BCUT2D eigenvalue weighted by atomic mass is 16.4. The Hall–Kier alpha value is -1.10. The molecule has 1 unspecified atom stereocenters. The van der Waals surface area contributed by atoms with E-state index in [1.165, 1.54) is 0 Å². The van der Waals surface area contributed by atoms with Crippen LogP contribution in [0, 0.1) is 0 Å². The van der Waals surface area contributed by atoms with Gasteiger partial charge in [-0.3, -0.25) is 14.5 Å². The Labute approximate surface area is 76.9 Å². The van der Waals surface area contributed by atoms with Crippen molar-refractivity contribution in [1.82, 2.24) is 9.80 Å². The molecule has 0 saturated carbocycles. The molecule has 0 aliphatic carbocycles. The van der Waals surface area contributed by atoms with Gasteiger partial charge in [0.25, 0.3) is 0 Å². The molecular weight excluding hydrogens is 172 g/mol. The fourth-order valence-corrected chi connectivity index (χ4v) is 1.42. The molecule has 5 heteroatoms. The summed E-state index contributed by atoms with van der Waals surface area (Å²) in [6.45, 7) is 2.71. The number of rotatable bonds is 2. The molecule has 0 aromatic carbocycles. The first kappa shape index (κ1) is 9.98. The number of likely N-dealkylation sites (N-methyl/N-ethyl adjacent to an activating group) is 1. The Morgan fingerprint density at radius 3 is 2.77 bits per heavy atom.